The van der Waals surface area contributed by atoms with Crippen LogP contribution < -0.4 is 5.73 Å². The molecule has 1 aliphatic heterocycles. The van der Waals surface area contributed by atoms with Crippen LogP contribution in [-0.4, -0.2) is 35.6 Å². The molecule has 1 aliphatic rings. The third kappa shape index (κ3) is 2.92. The zero-order valence-electron chi connectivity index (χ0n) is 14.0. The molecule has 0 aliphatic carbocycles. The molecule has 3 rings (SSSR count). The predicted molar refractivity (Wildman–Crippen MR) is 94.2 cm³/mol. The zero-order chi connectivity index (χ0) is 15.5. The summed E-state index contributed by atoms with van der Waals surface area (Å²) in [6.45, 7) is 6.74. The molecule has 1 atom stereocenters. The van der Waals surface area contributed by atoms with E-state index in [-0.39, 0.29) is 0 Å². The number of benzene rings is 1. The van der Waals surface area contributed by atoms with Crippen molar-refractivity contribution in [2.24, 2.45) is 18.7 Å². The summed E-state index contributed by atoms with van der Waals surface area (Å²) in [6.07, 6.45) is 6.13. The van der Waals surface area contributed by atoms with E-state index in [0.717, 1.165) is 12.5 Å². The van der Waals surface area contributed by atoms with E-state index < -0.39 is 0 Å². The molecule has 0 spiro atoms. The molecule has 1 saturated heterocycles. The molecule has 22 heavy (non-hydrogen) atoms. The molecule has 2 aromatic rings. The van der Waals surface area contributed by atoms with Crippen molar-refractivity contribution in [2.45, 2.75) is 32.1 Å². The Bertz CT molecular complexity index is 608. The maximum absolute atomic E-state index is 6.21. The smallest absolute Gasteiger partial charge is 0.0480 e. The lowest BCUT2D eigenvalue weighted by molar-refractivity contribution is 0.170. The van der Waals surface area contributed by atoms with Crippen molar-refractivity contribution in [3.8, 4) is 0 Å². The Morgan fingerprint density at radius 1 is 1.23 bits per heavy atom. The standard InChI is InChI=1S/C19H29N3/c1-3-10-22-11-8-15(9-12-22)17(13-20)18-14-21(2)19-7-5-4-6-16(18)19/h4-7,14-15,17H,3,8-13,20H2,1-2H3. The van der Waals surface area contributed by atoms with Crippen LogP contribution in [0.5, 0.6) is 0 Å². The molecule has 1 fully saturated rings. The second-order valence-corrected chi connectivity index (χ2v) is 6.73. The first-order valence-corrected chi connectivity index (χ1v) is 8.71. The maximum Gasteiger partial charge on any atom is 0.0480 e. The minimum atomic E-state index is 0.495. The molecule has 120 valence electrons. The number of rotatable bonds is 5. The zero-order valence-corrected chi connectivity index (χ0v) is 14.0. The first-order chi connectivity index (χ1) is 10.7. The third-order valence-electron chi connectivity index (χ3n) is 5.32. The van der Waals surface area contributed by atoms with Gasteiger partial charge >= 0.3 is 0 Å². The van der Waals surface area contributed by atoms with Gasteiger partial charge in [-0.25, -0.2) is 0 Å². The van der Waals surface area contributed by atoms with Crippen LogP contribution in [0, 0.1) is 5.92 Å². The van der Waals surface area contributed by atoms with Crippen LogP contribution >= 0.6 is 0 Å². The van der Waals surface area contributed by atoms with E-state index in [4.69, 9.17) is 5.73 Å². The van der Waals surface area contributed by atoms with Gasteiger partial charge in [-0.15, -0.1) is 0 Å². The Morgan fingerprint density at radius 3 is 2.64 bits per heavy atom. The second kappa shape index (κ2) is 6.84. The van der Waals surface area contributed by atoms with Crippen molar-refractivity contribution in [2.75, 3.05) is 26.2 Å². The van der Waals surface area contributed by atoms with Gasteiger partial charge in [-0.3, -0.25) is 0 Å². The number of likely N-dealkylation sites (tertiary alicyclic amines) is 1. The summed E-state index contributed by atoms with van der Waals surface area (Å²) in [7, 11) is 2.14. The summed E-state index contributed by atoms with van der Waals surface area (Å²) in [4.78, 5) is 2.60. The lowest BCUT2D eigenvalue weighted by Gasteiger charge is -2.35. The Morgan fingerprint density at radius 2 is 1.95 bits per heavy atom. The fourth-order valence-corrected chi connectivity index (χ4v) is 4.14. The van der Waals surface area contributed by atoms with E-state index in [0.29, 0.717) is 5.92 Å². The minimum Gasteiger partial charge on any atom is -0.350 e. The molecule has 1 aromatic carbocycles. The molecule has 0 radical (unpaired) electrons. The summed E-state index contributed by atoms with van der Waals surface area (Å²) in [5.74, 6) is 1.22. The van der Waals surface area contributed by atoms with Gasteiger partial charge < -0.3 is 15.2 Å². The van der Waals surface area contributed by atoms with Gasteiger partial charge in [-0.1, -0.05) is 25.1 Å². The van der Waals surface area contributed by atoms with Gasteiger partial charge in [0, 0.05) is 30.1 Å². The molecule has 1 aromatic heterocycles. The average Bonchev–Trinajstić information content (AvgIpc) is 2.88. The number of aromatic nitrogens is 1. The fraction of sp³-hybridized carbons (Fsp3) is 0.579. The molecule has 0 amide bonds. The molecule has 3 nitrogen and oxygen atoms in total. The van der Waals surface area contributed by atoms with E-state index in [1.165, 1.54) is 55.4 Å². The monoisotopic (exact) mass is 299 g/mol. The van der Waals surface area contributed by atoms with E-state index in [1.54, 1.807) is 0 Å². The van der Waals surface area contributed by atoms with Crippen molar-refractivity contribution >= 4 is 10.9 Å². The number of nitrogens with two attached hydrogens (primary N) is 1. The summed E-state index contributed by atoms with van der Waals surface area (Å²) in [5.41, 5.74) is 8.98. The van der Waals surface area contributed by atoms with Crippen molar-refractivity contribution < 1.29 is 0 Å². The molecule has 2 N–H and O–H groups in total. The average molecular weight is 299 g/mol. The minimum absolute atomic E-state index is 0.495. The highest BCUT2D eigenvalue weighted by Gasteiger charge is 2.28. The highest BCUT2D eigenvalue weighted by Crippen LogP contribution is 2.36. The summed E-state index contributed by atoms with van der Waals surface area (Å²) in [5, 5.41) is 1.39. The lowest BCUT2D eigenvalue weighted by atomic mass is 9.80. The van der Waals surface area contributed by atoms with Crippen LogP contribution in [0.3, 0.4) is 0 Å². The van der Waals surface area contributed by atoms with Gasteiger partial charge in [0.25, 0.3) is 0 Å². The van der Waals surface area contributed by atoms with E-state index in [1.807, 2.05) is 0 Å². The molecular formula is C19H29N3. The van der Waals surface area contributed by atoms with Crippen LogP contribution in [0.4, 0.5) is 0 Å². The Labute approximate surface area is 134 Å². The largest absolute Gasteiger partial charge is 0.350 e. The van der Waals surface area contributed by atoms with Gasteiger partial charge in [0.15, 0.2) is 0 Å². The molecule has 1 unspecified atom stereocenters. The predicted octanol–water partition coefficient (Wildman–Crippen LogP) is 3.34. The van der Waals surface area contributed by atoms with Gasteiger partial charge in [-0.05, 0) is 63.0 Å². The van der Waals surface area contributed by atoms with Crippen molar-refractivity contribution in [1.29, 1.82) is 0 Å². The number of hydrogen-bond acceptors (Lipinski definition) is 2. The van der Waals surface area contributed by atoms with Crippen molar-refractivity contribution in [3.63, 3.8) is 0 Å². The molecule has 0 bridgehead atoms. The molecular weight excluding hydrogens is 270 g/mol. The Balaban J connectivity index is 1.82. The number of piperidine rings is 1. The normalized spacial score (nSPS) is 18.9. The number of fused-ring (bicyclic) bond motifs is 1. The number of para-hydroxylation sites is 1. The highest BCUT2D eigenvalue weighted by atomic mass is 15.1. The Hall–Kier alpha value is -1.32. The van der Waals surface area contributed by atoms with Crippen molar-refractivity contribution in [3.05, 3.63) is 36.0 Å². The van der Waals surface area contributed by atoms with Crippen molar-refractivity contribution in [1.82, 2.24) is 9.47 Å². The van der Waals surface area contributed by atoms with Gasteiger partial charge in [0.1, 0.15) is 0 Å². The fourth-order valence-electron chi connectivity index (χ4n) is 4.14. The first-order valence-electron chi connectivity index (χ1n) is 8.71. The highest BCUT2D eigenvalue weighted by molar-refractivity contribution is 5.84. The third-order valence-corrected chi connectivity index (χ3v) is 5.32. The Kier molecular flexibility index (Phi) is 4.84. The van der Waals surface area contributed by atoms with Crippen LogP contribution in [-0.2, 0) is 7.05 Å². The van der Waals surface area contributed by atoms with Gasteiger partial charge in [0.2, 0.25) is 0 Å². The summed E-state index contributed by atoms with van der Waals surface area (Å²) < 4.78 is 2.25. The molecule has 3 heteroatoms. The van der Waals surface area contributed by atoms with Crippen LogP contribution in [0.1, 0.15) is 37.7 Å². The van der Waals surface area contributed by atoms with Crippen LogP contribution in [0.2, 0.25) is 0 Å². The first kappa shape index (κ1) is 15.6. The van der Waals surface area contributed by atoms with Gasteiger partial charge in [0.05, 0.1) is 0 Å². The number of aryl methyl sites for hydroxylation is 1. The second-order valence-electron chi connectivity index (χ2n) is 6.73. The number of nitrogens with zero attached hydrogens (tertiary/aromatic N) is 2. The quantitative estimate of drug-likeness (QED) is 0.919. The van der Waals surface area contributed by atoms with E-state index in [2.05, 4.69) is 53.9 Å². The maximum atomic E-state index is 6.21. The van der Waals surface area contributed by atoms with Crippen LogP contribution in [0.25, 0.3) is 10.9 Å². The van der Waals surface area contributed by atoms with Crippen LogP contribution in [0.15, 0.2) is 30.5 Å². The lowest BCUT2D eigenvalue weighted by Crippen LogP contribution is -2.37. The van der Waals surface area contributed by atoms with E-state index in [9.17, 15) is 0 Å². The van der Waals surface area contributed by atoms with E-state index >= 15 is 0 Å². The van der Waals surface area contributed by atoms with Gasteiger partial charge in [-0.2, -0.15) is 0 Å². The summed E-state index contributed by atoms with van der Waals surface area (Å²) in [6, 6.07) is 8.71. The number of hydrogen-bond donors (Lipinski definition) is 1. The SMILES string of the molecule is CCCN1CCC(C(CN)c2cn(C)c3ccccc23)CC1. The molecule has 0 saturated carbocycles. The summed E-state index contributed by atoms with van der Waals surface area (Å²) >= 11 is 0. The topological polar surface area (TPSA) is 34.2 Å². The molecule has 2 heterocycles.